The molecule has 0 bridgehead atoms. The molecule has 0 amide bonds. The maximum atomic E-state index is 13.0. The predicted octanol–water partition coefficient (Wildman–Crippen LogP) is 2.99. The van der Waals surface area contributed by atoms with Crippen molar-refractivity contribution in [3.8, 4) is 5.75 Å². The Labute approximate surface area is 165 Å². The first kappa shape index (κ1) is 19.0. The molecular weight excluding hydrogens is 374 g/mol. The zero-order chi connectivity index (χ0) is 19.7. The third-order valence-electron chi connectivity index (χ3n) is 5.40. The number of H-pyrrole nitrogens is 1. The van der Waals surface area contributed by atoms with Crippen LogP contribution in [0.15, 0.2) is 53.6 Å². The molecular formula is C21H25N3O3S. The molecule has 1 aromatic heterocycles. The molecule has 7 heteroatoms. The zero-order valence-corrected chi connectivity index (χ0v) is 17.0. The summed E-state index contributed by atoms with van der Waals surface area (Å²) >= 11 is 0. The van der Waals surface area contributed by atoms with E-state index in [0.717, 1.165) is 17.6 Å². The van der Waals surface area contributed by atoms with Crippen LogP contribution < -0.4 is 4.74 Å². The number of aryl methyl sites for hydroxylation is 1. The molecule has 1 fully saturated rings. The summed E-state index contributed by atoms with van der Waals surface area (Å²) in [5.41, 5.74) is 3.20. The van der Waals surface area contributed by atoms with Gasteiger partial charge in [0.25, 0.3) is 0 Å². The van der Waals surface area contributed by atoms with E-state index in [-0.39, 0.29) is 0 Å². The molecule has 2 heterocycles. The summed E-state index contributed by atoms with van der Waals surface area (Å²) in [6.45, 7) is 5.10. The molecule has 0 radical (unpaired) electrons. The maximum absolute atomic E-state index is 13.0. The van der Waals surface area contributed by atoms with Crippen LogP contribution in [0.25, 0.3) is 10.9 Å². The fourth-order valence-electron chi connectivity index (χ4n) is 3.79. The van der Waals surface area contributed by atoms with Gasteiger partial charge in [-0.25, -0.2) is 8.42 Å². The van der Waals surface area contributed by atoms with Gasteiger partial charge in [-0.15, -0.1) is 0 Å². The van der Waals surface area contributed by atoms with E-state index >= 15 is 0 Å². The normalized spacial score (nSPS) is 16.5. The molecule has 0 aliphatic carbocycles. The monoisotopic (exact) mass is 399 g/mol. The zero-order valence-electron chi connectivity index (χ0n) is 16.2. The van der Waals surface area contributed by atoms with Gasteiger partial charge in [0, 0.05) is 49.8 Å². The van der Waals surface area contributed by atoms with E-state index in [1.165, 1.54) is 10.9 Å². The van der Waals surface area contributed by atoms with Crippen molar-refractivity contribution in [1.29, 1.82) is 0 Å². The number of hydrogen-bond acceptors (Lipinski definition) is 4. The highest BCUT2D eigenvalue weighted by molar-refractivity contribution is 7.89. The lowest BCUT2D eigenvalue weighted by Gasteiger charge is -2.34. The minimum atomic E-state index is -3.48. The molecule has 148 valence electrons. The first-order valence-electron chi connectivity index (χ1n) is 9.41. The van der Waals surface area contributed by atoms with Crippen molar-refractivity contribution in [2.75, 3.05) is 33.3 Å². The summed E-state index contributed by atoms with van der Waals surface area (Å²) < 4.78 is 32.8. The van der Waals surface area contributed by atoms with Gasteiger partial charge < -0.3 is 9.72 Å². The summed E-state index contributed by atoms with van der Waals surface area (Å²) in [5, 5.41) is 1.23. The van der Waals surface area contributed by atoms with E-state index in [2.05, 4.69) is 22.0 Å². The maximum Gasteiger partial charge on any atom is 0.243 e. The van der Waals surface area contributed by atoms with Crippen LogP contribution in [0, 0.1) is 6.92 Å². The van der Waals surface area contributed by atoms with E-state index in [1.54, 1.807) is 29.6 Å². The Morgan fingerprint density at radius 2 is 1.82 bits per heavy atom. The molecule has 0 saturated carbocycles. The Morgan fingerprint density at radius 3 is 2.54 bits per heavy atom. The lowest BCUT2D eigenvalue weighted by Crippen LogP contribution is -2.48. The summed E-state index contributed by atoms with van der Waals surface area (Å²) in [6, 6.07) is 13.3. The van der Waals surface area contributed by atoms with E-state index in [4.69, 9.17) is 4.74 Å². The quantitative estimate of drug-likeness (QED) is 0.716. The van der Waals surface area contributed by atoms with Gasteiger partial charge in [0.15, 0.2) is 0 Å². The summed E-state index contributed by atoms with van der Waals surface area (Å²) in [7, 11) is -1.90. The summed E-state index contributed by atoms with van der Waals surface area (Å²) in [6.07, 6.45) is 2.05. The molecule has 2 aromatic carbocycles. The van der Waals surface area contributed by atoms with Crippen LogP contribution in [0.2, 0.25) is 0 Å². The lowest BCUT2D eigenvalue weighted by atomic mass is 10.1. The van der Waals surface area contributed by atoms with Gasteiger partial charge in [-0.3, -0.25) is 4.90 Å². The second-order valence-electron chi connectivity index (χ2n) is 7.17. The number of para-hydroxylation sites is 1. The number of methoxy groups -OCH3 is 1. The number of piperazine rings is 1. The van der Waals surface area contributed by atoms with Crippen molar-refractivity contribution >= 4 is 20.9 Å². The Balaban J connectivity index is 1.44. The predicted molar refractivity (Wildman–Crippen MR) is 110 cm³/mol. The largest absolute Gasteiger partial charge is 0.496 e. The van der Waals surface area contributed by atoms with Crippen LogP contribution >= 0.6 is 0 Å². The van der Waals surface area contributed by atoms with Crippen molar-refractivity contribution in [2.24, 2.45) is 0 Å². The number of aromatic amines is 1. The first-order chi connectivity index (χ1) is 13.5. The molecule has 0 unspecified atom stereocenters. The number of nitrogens with one attached hydrogen (secondary N) is 1. The second-order valence-corrected chi connectivity index (χ2v) is 9.11. The lowest BCUT2D eigenvalue weighted by molar-refractivity contribution is 0.182. The van der Waals surface area contributed by atoms with Crippen LogP contribution in [0.1, 0.15) is 11.1 Å². The van der Waals surface area contributed by atoms with Crippen molar-refractivity contribution in [3.63, 3.8) is 0 Å². The molecule has 0 atom stereocenters. The number of benzene rings is 2. The van der Waals surface area contributed by atoms with Crippen molar-refractivity contribution < 1.29 is 13.2 Å². The van der Waals surface area contributed by atoms with Crippen molar-refractivity contribution in [3.05, 3.63) is 59.8 Å². The van der Waals surface area contributed by atoms with E-state index in [1.807, 2.05) is 25.3 Å². The van der Waals surface area contributed by atoms with Gasteiger partial charge in [-0.1, -0.05) is 18.2 Å². The Hall–Kier alpha value is -2.35. The molecule has 3 aromatic rings. The molecule has 4 rings (SSSR count). The average molecular weight is 400 g/mol. The molecule has 1 aliphatic heterocycles. The van der Waals surface area contributed by atoms with Gasteiger partial charge in [0.05, 0.1) is 12.0 Å². The number of ether oxygens (including phenoxy) is 1. The second kappa shape index (κ2) is 7.58. The van der Waals surface area contributed by atoms with Crippen LogP contribution in [0.3, 0.4) is 0 Å². The number of aromatic nitrogens is 1. The van der Waals surface area contributed by atoms with Gasteiger partial charge >= 0.3 is 0 Å². The molecule has 1 aliphatic rings. The minimum Gasteiger partial charge on any atom is -0.496 e. The van der Waals surface area contributed by atoms with Gasteiger partial charge in [0.2, 0.25) is 10.0 Å². The fraction of sp³-hybridized carbons (Fsp3) is 0.333. The Morgan fingerprint density at radius 1 is 1.07 bits per heavy atom. The van der Waals surface area contributed by atoms with Gasteiger partial charge in [-0.2, -0.15) is 4.31 Å². The highest BCUT2D eigenvalue weighted by atomic mass is 32.2. The number of hydrogen-bond donors (Lipinski definition) is 1. The molecule has 1 N–H and O–H groups in total. The van der Waals surface area contributed by atoms with Crippen LogP contribution in [-0.2, 0) is 16.6 Å². The minimum absolute atomic E-state index is 0.330. The fourth-order valence-corrected chi connectivity index (χ4v) is 5.30. The summed E-state index contributed by atoms with van der Waals surface area (Å²) in [5.74, 6) is 0.697. The number of nitrogens with zero attached hydrogens (tertiary/aromatic N) is 2. The van der Waals surface area contributed by atoms with E-state index in [9.17, 15) is 8.42 Å². The SMILES string of the molecule is COc1ccc(S(=O)(=O)N2CCN(Cc3c[nH]c4ccccc34)CC2)cc1C. The van der Waals surface area contributed by atoms with Crippen molar-refractivity contribution in [1.82, 2.24) is 14.2 Å². The molecule has 1 saturated heterocycles. The topological polar surface area (TPSA) is 65.6 Å². The van der Waals surface area contributed by atoms with Crippen LogP contribution in [-0.4, -0.2) is 55.9 Å². The Bertz CT molecular complexity index is 1080. The summed E-state index contributed by atoms with van der Waals surface area (Å²) in [4.78, 5) is 5.94. The van der Waals surface area contributed by atoms with Crippen LogP contribution in [0.4, 0.5) is 0 Å². The van der Waals surface area contributed by atoms with Gasteiger partial charge in [0.1, 0.15) is 5.75 Å². The van der Waals surface area contributed by atoms with Crippen molar-refractivity contribution in [2.45, 2.75) is 18.4 Å². The molecule has 0 spiro atoms. The van der Waals surface area contributed by atoms with Crippen LogP contribution in [0.5, 0.6) is 5.75 Å². The highest BCUT2D eigenvalue weighted by Crippen LogP contribution is 2.25. The third kappa shape index (κ3) is 3.53. The average Bonchev–Trinajstić information content (AvgIpc) is 3.11. The third-order valence-corrected chi connectivity index (χ3v) is 7.30. The standard InChI is InChI=1S/C21H25N3O3S/c1-16-13-18(7-8-21(16)27-2)28(25,26)24-11-9-23(10-12-24)15-17-14-22-20-6-4-3-5-19(17)20/h3-8,13-14,22H,9-12,15H2,1-2H3. The van der Waals surface area contributed by atoms with E-state index < -0.39 is 10.0 Å². The van der Waals surface area contributed by atoms with E-state index in [0.29, 0.717) is 36.8 Å². The van der Waals surface area contributed by atoms with Gasteiger partial charge in [-0.05, 0) is 42.3 Å². The number of fused-ring (bicyclic) bond motifs is 1. The smallest absolute Gasteiger partial charge is 0.243 e. The molecule has 28 heavy (non-hydrogen) atoms. The number of sulfonamides is 1. The Kier molecular flexibility index (Phi) is 5.14. The highest BCUT2D eigenvalue weighted by Gasteiger charge is 2.29. The number of rotatable bonds is 5. The molecule has 6 nitrogen and oxygen atoms in total. The first-order valence-corrected chi connectivity index (χ1v) is 10.8.